The van der Waals surface area contributed by atoms with Crippen LogP contribution in [0.4, 0.5) is 0 Å². The summed E-state index contributed by atoms with van der Waals surface area (Å²) in [5, 5.41) is 3.51. The molecule has 1 atom stereocenters. The summed E-state index contributed by atoms with van der Waals surface area (Å²) in [6.45, 7) is 5.08. The largest absolute Gasteiger partial charge is 0.497 e. The molecule has 0 bridgehead atoms. The average molecular weight is 262 g/mol. The number of nitrogens with zero attached hydrogens (tertiary/aromatic N) is 1. The van der Waals surface area contributed by atoms with Gasteiger partial charge in [-0.25, -0.2) is 4.98 Å². The van der Waals surface area contributed by atoms with Crippen LogP contribution in [0.1, 0.15) is 29.1 Å². The molecule has 0 fully saturated rings. The summed E-state index contributed by atoms with van der Waals surface area (Å²) < 4.78 is 5.16. The monoisotopic (exact) mass is 262 g/mol. The van der Waals surface area contributed by atoms with Crippen LogP contribution in [0.3, 0.4) is 0 Å². The molecular weight excluding hydrogens is 244 g/mol. The summed E-state index contributed by atoms with van der Waals surface area (Å²) in [4.78, 5) is 5.55. The van der Waals surface area contributed by atoms with Crippen molar-refractivity contribution >= 4 is 11.3 Å². The van der Waals surface area contributed by atoms with Gasteiger partial charge in [0.15, 0.2) is 0 Å². The fraction of sp³-hybridized carbons (Fsp3) is 0.357. The molecule has 2 aromatic rings. The molecule has 18 heavy (non-hydrogen) atoms. The second kappa shape index (κ2) is 5.98. The van der Waals surface area contributed by atoms with Gasteiger partial charge in [0.1, 0.15) is 5.75 Å². The van der Waals surface area contributed by atoms with Crippen LogP contribution in [-0.4, -0.2) is 12.1 Å². The van der Waals surface area contributed by atoms with Crippen molar-refractivity contribution in [2.45, 2.75) is 26.4 Å². The number of benzene rings is 1. The van der Waals surface area contributed by atoms with Crippen molar-refractivity contribution in [3.63, 3.8) is 0 Å². The van der Waals surface area contributed by atoms with Crippen LogP contribution in [-0.2, 0) is 6.54 Å². The fourth-order valence-electron chi connectivity index (χ4n) is 1.75. The third-order valence-electron chi connectivity index (χ3n) is 3.03. The van der Waals surface area contributed by atoms with Crippen LogP contribution in [0.5, 0.6) is 5.75 Å². The van der Waals surface area contributed by atoms with Crippen molar-refractivity contribution in [3.05, 3.63) is 45.9 Å². The minimum atomic E-state index is 0.317. The second-order valence-electron chi connectivity index (χ2n) is 4.24. The molecule has 0 unspecified atom stereocenters. The van der Waals surface area contributed by atoms with Crippen molar-refractivity contribution in [1.29, 1.82) is 0 Å². The predicted octanol–water partition coefficient (Wildman–Crippen LogP) is 3.31. The Balaban J connectivity index is 1.94. The summed E-state index contributed by atoms with van der Waals surface area (Å²) in [7, 11) is 1.68. The van der Waals surface area contributed by atoms with Crippen LogP contribution in [0.15, 0.2) is 29.8 Å². The van der Waals surface area contributed by atoms with E-state index in [1.165, 1.54) is 10.4 Å². The summed E-state index contributed by atoms with van der Waals surface area (Å²) in [5.74, 6) is 0.893. The number of hydrogen-bond acceptors (Lipinski definition) is 4. The molecule has 0 aliphatic heterocycles. The Morgan fingerprint density at radius 3 is 2.61 bits per heavy atom. The Bertz CT molecular complexity index is 493. The number of methoxy groups -OCH3 is 1. The molecule has 0 radical (unpaired) electrons. The minimum absolute atomic E-state index is 0.317. The van der Waals surface area contributed by atoms with Crippen LogP contribution in [0.25, 0.3) is 0 Å². The lowest BCUT2D eigenvalue weighted by Crippen LogP contribution is -2.17. The molecule has 1 aromatic carbocycles. The van der Waals surface area contributed by atoms with E-state index < -0.39 is 0 Å². The first kappa shape index (κ1) is 13.1. The molecule has 0 aliphatic carbocycles. The molecule has 96 valence electrons. The molecule has 1 N–H and O–H groups in total. The van der Waals surface area contributed by atoms with Gasteiger partial charge in [-0.15, -0.1) is 11.3 Å². The van der Waals surface area contributed by atoms with Gasteiger partial charge in [-0.05, 0) is 31.5 Å². The molecule has 3 nitrogen and oxygen atoms in total. The smallest absolute Gasteiger partial charge is 0.118 e. The van der Waals surface area contributed by atoms with Crippen molar-refractivity contribution in [3.8, 4) is 5.75 Å². The van der Waals surface area contributed by atoms with E-state index in [9.17, 15) is 0 Å². The SMILES string of the molecule is COc1ccc([C@@H](C)NCc2scnc2C)cc1. The Hall–Kier alpha value is -1.39. The molecule has 0 spiro atoms. The molecule has 0 saturated carbocycles. The van der Waals surface area contributed by atoms with E-state index in [0.717, 1.165) is 18.0 Å². The zero-order valence-electron chi connectivity index (χ0n) is 10.9. The Labute approximate surface area is 112 Å². The van der Waals surface area contributed by atoms with Crippen molar-refractivity contribution in [2.24, 2.45) is 0 Å². The number of ether oxygens (including phenoxy) is 1. The summed E-state index contributed by atoms with van der Waals surface area (Å²) >= 11 is 1.70. The molecular formula is C14H18N2OS. The first-order chi connectivity index (χ1) is 8.70. The molecule has 0 aliphatic rings. The van der Waals surface area contributed by atoms with Crippen LogP contribution in [0.2, 0.25) is 0 Å². The normalized spacial score (nSPS) is 12.4. The maximum absolute atomic E-state index is 5.16. The van der Waals surface area contributed by atoms with Crippen molar-refractivity contribution in [1.82, 2.24) is 10.3 Å². The van der Waals surface area contributed by atoms with Crippen molar-refractivity contribution in [2.75, 3.05) is 7.11 Å². The number of aryl methyl sites for hydroxylation is 1. The highest BCUT2D eigenvalue weighted by molar-refractivity contribution is 7.09. The number of thiazole rings is 1. The van der Waals surface area contributed by atoms with E-state index >= 15 is 0 Å². The third-order valence-corrected chi connectivity index (χ3v) is 3.96. The lowest BCUT2D eigenvalue weighted by Gasteiger charge is -2.14. The minimum Gasteiger partial charge on any atom is -0.497 e. The lowest BCUT2D eigenvalue weighted by molar-refractivity contribution is 0.414. The molecule has 2 rings (SSSR count). The summed E-state index contributed by atoms with van der Waals surface area (Å²) in [6.07, 6.45) is 0. The van der Waals surface area contributed by atoms with E-state index in [1.54, 1.807) is 18.4 Å². The third kappa shape index (κ3) is 3.09. The van der Waals surface area contributed by atoms with Gasteiger partial charge in [0.05, 0.1) is 18.3 Å². The van der Waals surface area contributed by atoms with Crippen LogP contribution in [0, 0.1) is 6.92 Å². The van der Waals surface area contributed by atoms with Crippen molar-refractivity contribution < 1.29 is 4.74 Å². The summed E-state index contributed by atoms with van der Waals surface area (Å²) in [5.41, 5.74) is 4.28. The van der Waals surface area contributed by atoms with Gasteiger partial charge in [-0.1, -0.05) is 12.1 Å². The van der Waals surface area contributed by atoms with E-state index in [0.29, 0.717) is 6.04 Å². The van der Waals surface area contributed by atoms with E-state index in [1.807, 2.05) is 24.6 Å². The summed E-state index contributed by atoms with van der Waals surface area (Å²) in [6, 6.07) is 8.49. The highest BCUT2D eigenvalue weighted by Crippen LogP contribution is 2.19. The average Bonchev–Trinajstić information content (AvgIpc) is 2.81. The van der Waals surface area contributed by atoms with Gasteiger partial charge < -0.3 is 10.1 Å². The van der Waals surface area contributed by atoms with E-state index in [2.05, 4.69) is 29.4 Å². The maximum atomic E-state index is 5.16. The molecule has 1 heterocycles. The van der Waals surface area contributed by atoms with Crippen LogP contribution < -0.4 is 10.1 Å². The highest BCUT2D eigenvalue weighted by Gasteiger charge is 2.07. The zero-order chi connectivity index (χ0) is 13.0. The molecule has 4 heteroatoms. The fourth-order valence-corrected chi connectivity index (χ4v) is 2.48. The highest BCUT2D eigenvalue weighted by atomic mass is 32.1. The quantitative estimate of drug-likeness (QED) is 0.897. The van der Waals surface area contributed by atoms with Gasteiger partial charge in [-0.3, -0.25) is 0 Å². The second-order valence-corrected chi connectivity index (χ2v) is 5.18. The molecule has 0 amide bonds. The number of aromatic nitrogens is 1. The Morgan fingerprint density at radius 1 is 1.33 bits per heavy atom. The van der Waals surface area contributed by atoms with Gasteiger partial charge in [0.25, 0.3) is 0 Å². The van der Waals surface area contributed by atoms with Gasteiger partial charge >= 0.3 is 0 Å². The first-order valence-corrected chi connectivity index (χ1v) is 6.85. The van der Waals surface area contributed by atoms with E-state index in [4.69, 9.17) is 4.74 Å². The first-order valence-electron chi connectivity index (χ1n) is 5.97. The molecule has 1 aromatic heterocycles. The lowest BCUT2D eigenvalue weighted by atomic mass is 10.1. The number of nitrogens with one attached hydrogen (secondary N) is 1. The maximum Gasteiger partial charge on any atom is 0.118 e. The van der Waals surface area contributed by atoms with Gasteiger partial charge in [-0.2, -0.15) is 0 Å². The van der Waals surface area contributed by atoms with Gasteiger partial charge in [0.2, 0.25) is 0 Å². The number of hydrogen-bond donors (Lipinski definition) is 1. The predicted molar refractivity (Wildman–Crippen MR) is 75.1 cm³/mol. The molecule has 0 saturated heterocycles. The van der Waals surface area contributed by atoms with Crippen LogP contribution >= 0.6 is 11.3 Å². The van der Waals surface area contributed by atoms with Gasteiger partial charge in [0, 0.05) is 17.5 Å². The topological polar surface area (TPSA) is 34.1 Å². The standard InChI is InChI=1S/C14H18N2OS/c1-10(12-4-6-13(17-3)7-5-12)15-8-14-11(2)16-9-18-14/h4-7,9-10,15H,8H2,1-3H3/t10-/m1/s1. The van der Waals surface area contributed by atoms with E-state index in [-0.39, 0.29) is 0 Å². The Morgan fingerprint density at radius 2 is 2.06 bits per heavy atom. The zero-order valence-corrected chi connectivity index (χ0v) is 11.8. The number of rotatable bonds is 5. The Kier molecular flexibility index (Phi) is 4.33.